The van der Waals surface area contributed by atoms with Gasteiger partial charge in [0.2, 0.25) is 0 Å². The zero-order valence-electron chi connectivity index (χ0n) is 15.2. The van der Waals surface area contributed by atoms with E-state index in [0.29, 0.717) is 6.07 Å². The van der Waals surface area contributed by atoms with Crippen molar-refractivity contribution >= 4 is 28.9 Å². The summed E-state index contributed by atoms with van der Waals surface area (Å²) in [7, 11) is 0. The number of halogens is 5. The van der Waals surface area contributed by atoms with Crippen LogP contribution in [-0.2, 0) is 6.18 Å². The van der Waals surface area contributed by atoms with Gasteiger partial charge in [0.1, 0.15) is 27.9 Å². The molecule has 0 saturated heterocycles. The third-order valence-electron chi connectivity index (χ3n) is 3.99. The Morgan fingerprint density at radius 3 is 2.32 bits per heavy atom. The van der Waals surface area contributed by atoms with Crippen LogP contribution in [0.15, 0.2) is 60.7 Å². The lowest BCUT2D eigenvalue weighted by Gasteiger charge is -2.15. The quantitative estimate of drug-likeness (QED) is 0.273. The van der Waals surface area contributed by atoms with E-state index in [9.17, 15) is 32.5 Å². The highest BCUT2D eigenvalue weighted by Crippen LogP contribution is 2.40. The van der Waals surface area contributed by atoms with E-state index in [4.69, 9.17) is 16.3 Å². The number of hydrogen-bond donors (Lipinski definition) is 1. The van der Waals surface area contributed by atoms with Crippen molar-refractivity contribution in [2.45, 2.75) is 6.18 Å². The third-order valence-corrected chi connectivity index (χ3v) is 4.31. The molecular formula is C20H11ClF4N2O4. The number of nitro benzene ring substituents is 1. The number of nitro groups is 1. The predicted molar refractivity (Wildman–Crippen MR) is 104 cm³/mol. The summed E-state index contributed by atoms with van der Waals surface area (Å²) in [5.74, 6) is -2.03. The number of nitrogens with zero attached hydrogens (tertiary/aromatic N) is 1. The number of benzene rings is 3. The van der Waals surface area contributed by atoms with Crippen LogP contribution in [0.3, 0.4) is 0 Å². The largest absolute Gasteiger partial charge is 0.457 e. The molecule has 6 nitrogen and oxygen atoms in total. The molecule has 11 heteroatoms. The zero-order valence-corrected chi connectivity index (χ0v) is 16.0. The molecule has 0 aliphatic rings. The number of carbonyl (C=O) groups excluding carboxylic acids is 1. The Kier molecular flexibility index (Phi) is 6.11. The lowest BCUT2D eigenvalue weighted by molar-refractivity contribution is -0.384. The van der Waals surface area contributed by atoms with Crippen LogP contribution >= 0.6 is 11.6 Å². The standard InChI is InChI=1S/C20H11ClF4N2O4/c21-16-7-1-11(9-17(16)27(29)30)19(28)26-13-4-8-18(15(10-13)20(23,24)25)31-14-5-2-12(22)3-6-14/h1-10H,(H,26,28). The minimum absolute atomic E-state index is 0.0165. The van der Waals surface area contributed by atoms with Crippen molar-refractivity contribution in [2.24, 2.45) is 0 Å². The van der Waals surface area contributed by atoms with Crippen molar-refractivity contribution in [3.8, 4) is 11.5 Å². The van der Waals surface area contributed by atoms with Crippen LogP contribution in [0.4, 0.5) is 28.9 Å². The Bertz CT molecular complexity index is 1150. The summed E-state index contributed by atoms with van der Waals surface area (Å²) in [4.78, 5) is 22.5. The summed E-state index contributed by atoms with van der Waals surface area (Å²) in [5, 5.41) is 13.0. The SMILES string of the molecule is O=C(Nc1ccc(Oc2ccc(F)cc2)c(C(F)(F)F)c1)c1ccc(Cl)c([N+](=O)[O-])c1. The lowest BCUT2D eigenvalue weighted by Crippen LogP contribution is -2.14. The number of anilines is 1. The molecule has 0 spiro atoms. The van der Waals surface area contributed by atoms with Gasteiger partial charge in [-0.1, -0.05) is 11.6 Å². The third kappa shape index (κ3) is 5.28. The summed E-state index contributed by atoms with van der Waals surface area (Å²) < 4.78 is 58.7. The Balaban J connectivity index is 1.88. The van der Waals surface area contributed by atoms with Crippen molar-refractivity contribution in [1.29, 1.82) is 0 Å². The van der Waals surface area contributed by atoms with Crippen LogP contribution in [0.2, 0.25) is 5.02 Å². The van der Waals surface area contributed by atoms with Gasteiger partial charge in [0.25, 0.3) is 11.6 Å². The molecule has 1 amide bonds. The molecule has 3 aromatic carbocycles. The van der Waals surface area contributed by atoms with Gasteiger partial charge in [-0.05, 0) is 54.6 Å². The predicted octanol–water partition coefficient (Wildman–Crippen LogP) is 6.45. The molecule has 0 heterocycles. The fourth-order valence-corrected chi connectivity index (χ4v) is 2.73. The highest BCUT2D eigenvalue weighted by molar-refractivity contribution is 6.32. The Morgan fingerprint density at radius 1 is 1.03 bits per heavy atom. The van der Waals surface area contributed by atoms with Gasteiger partial charge in [-0.3, -0.25) is 14.9 Å². The van der Waals surface area contributed by atoms with Crippen LogP contribution in [0.5, 0.6) is 11.5 Å². The molecule has 0 saturated carbocycles. The molecule has 31 heavy (non-hydrogen) atoms. The van der Waals surface area contributed by atoms with Crippen LogP contribution in [0.1, 0.15) is 15.9 Å². The smallest absolute Gasteiger partial charge is 0.420 e. The molecule has 3 rings (SSSR count). The van der Waals surface area contributed by atoms with Crippen LogP contribution in [0.25, 0.3) is 0 Å². The average Bonchev–Trinajstić information content (AvgIpc) is 2.70. The maximum atomic E-state index is 13.5. The summed E-state index contributed by atoms with van der Waals surface area (Å²) in [6, 6.07) is 10.4. The maximum Gasteiger partial charge on any atom is 0.420 e. The van der Waals surface area contributed by atoms with Crippen LogP contribution < -0.4 is 10.1 Å². The number of alkyl halides is 3. The van der Waals surface area contributed by atoms with E-state index >= 15 is 0 Å². The first-order chi connectivity index (χ1) is 14.5. The molecule has 0 aliphatic carbocycles. The van der Waals surface area contributed by atoms with Gasteiger partial charge < -0.3 is 10.1 Å². The normalized spacial score (nSPS) is 11.1. The van der Waals surface area contributed by atoms with E-state index in [0.717, 1.165) is 36.4 Å². The molecule has 1 N–H and O–H groups in total. The zero-order chi connectivity index (χ0) is 22.8. The first-order valence-corrected chi connectivity index (χ1v) is 8.82. The molecule has 0 fully saturated rings. The number of ether oxygens (including phenoxy) is 1. The highest BCUT2D eigenvalue weighted by atomic mass is 35.5. The van der Waals surface area contributed by atoms with Gasteiger partial charge in [0.15, 0.2) is 0 Å². The summed E-state index contributed by atoms with van der Waals surface area (Å²) in [5.41, 5.74) is -2.09. The average molecular weight is 455 g/mol. The second-order valence-electron chi connectivity index (χ2n) is 6.14. The summed E-state index contributed by atoms with van der Waals surface area (Å²) in [6.07, 6.45) is -4.82. The van der Waals surface area contributed by atoms with Gasteiger partial charge >= 0.3 is 6.18 Å². The lowest BCUT2D eigenvalue weighted by atomic mass is 10.1. The van der Waals surface area contributed by atoms with Crippen molar-refractivity contribution in [3.63, 3.8) is 0 Å². The Morgan fingerprint density at radius 2 is 1.71 bits per heavy atom. The van der Waals surface area contributed by atoms with E-state index in [1.165, 1.54) is 18.2 Å². The number of nitrogens with one attached hydrogen (secondary N) is 1. The number of rotatable bonds is 5. The molecular weight excluding hydrogens is 444 g/mol. The van der Waals surface area contributed by atoms with Gasteiger partial charge in [0, 0.05) is 17.3 Å². The van der Waals surface area contributed by atoms with Crippen molar-refractivity contribution < 1.29 is 32.0 Å². The van der Waals surface area contributed by atoms with Gasteiger partial charge in [-0.15, -0.1) is 0 Å². The molecule has 0 bridgehead atoms. The second kappa shape index (κ2) is 8.60. The van der Waals surface area contributed by atoms with E-state index in [1.54, 1.807) is 0 Å². The molecule has 0 aromatic heterocycles. The first-order valence-electron chi connectivity index (χ1n) is 8.44. The fourth-order valence-electron chi connectivity index (χ4n) is 2.54. The molecule has 0 aliphatic heterocycles. The summed E-state index contributed by atoms with van der Waals surface area (Å²) >= 11 is 5.69. The summed E-state index contributed by atoms with van der Waals surface area (Å²) in [6.45, 7) is 0. The maximum absolute atomic E-state index is 13.5. The molecule has 0 unspecified atom stereocenters. The monoisotopic (exact) mass is 454 g/mol. The van der Waals surface area contributed by atoms with Crippen molar-refractivity contribution in [2.75, 3.05) is 5.32 Å². The van der Waals surface area contributed by atoms with Crippen LogP contribution in [-0.4, -0.2) is 10.8 Å². The Labute approximate surface area is 177 Å². The van der Waals surface area contributed by atoms with Crippen molar-refractivity contribution in [1.82, 2.24) is 0 Å². The van der Waals surface area contributed by atoms with E-state index in [-0.39, 0.29) is 22.0 Å². The minimum atomic E-state index is -4.82. The molecule has 0 radical (unpaired) electrons. The number of amides is 1. The van der Waals surface area contributed by atoms with E-state index in [2.05, 4.69) is 5.32 Å². The Hall–Kier alpha value is -3.66. The molecule has 160 valence electrons. The fraction of sp³-hybridized carbons (Fsp3) is 0.0500. The molecule has 0 atom stereocenters. The minimum Gasteiger partial charge on any atom is -0.457 e. The van der Waals surface area contributed by atoms with E-state index < -0.39 is 39.8 Å². The van der Waals surface area contributed by atoms with Gasteiger partial charge in [-0.25, -0.2) is 4.39 Å². The molecule has 3 aromatic rings. The van der Waals surface area contributed by atoms with Gasteiger partial charge in [-0.2, -0.15) is 13.2 Å². The van der Waals surface area contributed by atoms with Crippen LogP contribution in [0, 0.1) is 15.9 Å². The number of carbonyl (C=O) groups is 1. The van der Waals surface area contributed by atoms with Crippen molar-refractivity contribution in [3.05, 3.63) is 92.7 Å². The van der Waals surface area contributed by atoms with E-state index in [1.807, 2.05) is 0 Å². The number of hydrogen-bond acceptors (Lipinski definition) is 4. The first kappa shape index (κ1) is 22.0. The second-order valence-corrected chi connectivity index (χ2v) is 6.55. The topological polar surface area (TPSA) is 81.5 Å². The van der Waals surface area contributed by atoms with Gasteiger partial charge in [0.05, 0.1) is 4.92 Å². The highest BCUT2D eigenvalue weighted by Gasteiger charge is 2.35.